The normalized spacial score (nSPS) is 25.1. The van der Waals surface area contributed by atoms with Gasteiger partial charge in [-0.05, 0) is 53.6 Å². The number of nitrogens with one attached hydrogen (secondary N) is 2. The number of hydrogen-bond acceptors (Lipinski definition) is 4. The summed E-state index contributed by atoms with van der Waals surface area (Å²) in [6, 6.07) is 15.7. The maximum Gasteiger partial charge on any atom is 0.238 e. The van der Waals surface area contributed by atoms with Crippen LogP contribution < -0.4 is 15.4 Å². The van der Waals surface area contributed by atoms with Crippen molar-refractivity contribution in [3.05, 3.63) is 93.2 Å². The molecule has 196 valence electrons. The van der Waals surface area contributed by atoms with E-state index >= 15 is 0 Å². The lowest BCUT2D eigenvalue weighted by Gasteiger charge is -2.46. The van der Waals surface area contributed by atoms with Crippen molar-refractivity contribution in [2.75, 3.05) is 18.5 Å². The van der Waals surface area contributed by atoms with E-state index in [1.807, 2.05) is 6.07 Å². The Balaban J connectivity index is 1.57. The van der Waals surface area contributed by atoms with E-state index in [-0.39, 0.29) is 24.3 Å². The van der Waals surface area contributed by atoms with Crippen molar-refractivity contribution in [1.29, 1.82) is 0 Å². The summed E-state index contributed by atoms with van der Waals surface area (Å²) in [7, 11) is 0. The lowest BCUT2D eigenvalue weighted by atomic mass is 9.59. The van der Waals surface area contributed by atoms with Crippen LogP contribution >= 0.6 is 23.2 Å². The first-order chi connectivity index (χ1) is 18.4. The van der Waals surface area contributed by atoms with Crippen molar-refractivity contribution < 1.29 is 23.5 Å². The summed E-state index contributed by atoms with van der Waals surface area (Å²) in [6.45, 7) is 1.14. The van der Waals surface area contributed by atoms with E-state index in [9.17, 15) is 14.0 Å². The van der Waals surface area contributed by atoms with E-state index in [1.54, 1.807) is 42.5 Å². The zero-order valence-corrected chi connectivity index (χ0v) is 21.8. The second kappa shape index (κ2) is 9.88. The van der Waals surface area contributed by atoms with E-state index < -0.39 is 23.2 Å². The average Bonchev–Trinajstić information content (AvgIpc) is 3.18. The molecule has 3 aliphatic rings. The van der Waals surface area contributed by atoms with Crippen molar-refractivity contribution in [3.63, 3.8) is 0 Å². The minimum atomic E-state index is -1.32. The van der Waals surface area contributed by atoms with Gasteiger partial charge in [0, 0.05) is 46.5 Å². The standard InChI is InChI=1S/C29H25Cl2FN2O4/c30-17-3-1-2-16(12-17)23-15-26(35)34-27(29(23)22-6-4-18(31)13-24(22)33-28(29)36)21-14-19(32)5-7-25(21)38-20-8-10-37-11-9-20/h1-7,12-14,20,23,27H,8-11,15H2,(H,33,36)(H,34,35)/t23-,27+,29-/m0/s1. The molecule has 2 N–H and O–H groups in total. The predicted molar refractivity (Wildman–Crippen MR) is 142 cm³/mol. The molecule has 0 aliphatic carbocycles. The molecule has 2 amide bonds. The number of carbonyl (C=O) groups is 2. The zero-order valence-electron chi connectivity index (χ0n) is 20.3. The minimum absolute atomic E-state index is 0.0395. The van der Waals surface area contributed by atoms with Gasteiger partial charge in [0.15, 0.2) is 0 Å². The van der Waals surface area contributed by atoms with Crippen LogP contribution in [0.4, 0.5) is 10.1 Å². The van der Waals surface area contributed by atoms with Crippen molar-refractivity contribution in [1.82, 2.24) is 5.32 Å². The van der Waals surface area contributed by atoms with Crippen LogP contribution in [0.2, 0.25) is 10.0 Å². The zero-order chi connectivity index (χ0) is 26.4. The van der Waals surface area contributed by atoms with Gasteiger partial charge in [-0.2, -0.15) is 0 Å². The summed E-state index contributed by atoms with van der Waals surface area (Å²) in [6.07, 6.45) is 1.28. The molecule has 0 saturated carbocycles. The minimum Gasteiger partial charge on any atom is -0.490 e. The fourth-order valence-corrected chi connectivity index (χ4v) is 6.47. The van der Waals surface area contributed by atoms with E-state index in [1.165, 1.54) is 12.1 Å². The quantitative estimate of drug-likeness (QED) is 0.419. The number of carbonyl (C=O) groups excluding carboxylic acids is 2. The van der Waals surface area contributed by atoms with Gasteiger partial charge < -0.3 is 20.1 Å². The number of ether oxygens (including phenoxy) is 2. The molecule has 3 heterocycles. The second-order valence-electron chi connectivity index (χ2n) is 9.94. The first kappa shape index (κ1) is 25.2. The first-order valence-electron chi connectivity index (χ1n) is 12.6. The predicted octanol–water partition coefficient (Wildman–Crippen LogP) is 5.93. The Kier molecular flexibility index (Phi) is 6.54. The highest BCUT2D eigenvalue weighted by Crippen LogP contribution is 2.58. The largest absolute Gasteiger partial charge is 0.490 e. The van der Waals surface area contributed by atoms with Gasteiger partial charge in [-0.15, -0.1) is 0 Å². The molecule has 3 atom stereocenters. The van der Waals surface area contributed by atoms with Crippen LogP contribution in [0.3, 0.4) is 0 Å². The fraction of sp³-hybridized carbons (Fsp3) is 0.310. The summed E-state index contributed by atoms with van der Waals surface area (Å²) < 4.78 is 26.7. The van der Waals surface area contributed by atoms with Crippen molar-refractivity contribution >= 4 is 40.7 Å². The summed E-state index contributed by atoms with van der Waals surface area (Å²) in [5, 5.41) is 6.97. The molecule has 2 saturated heterocycles. The highest BCUT2D eigenvalue weighted by Gasteiger charge is 2.61. The highest BCUT2D eigenvalue weighted by atomic mass is 35.5. The average molecular weight is 555 g/mol. The Bertz CT molecular complexity index is 1430. The van der Waals surface area contributed by atoms with Gasteiger partial charge in [-0.3, -0.25) is 9.59 Å². The fourth-order valence-electron chi connectivity index (χ4n) is 6.10. The van der Waals surface area contributed by atoms with Gasteiger partial charge in [-0.25, -0.2) is 4.39 Å². The van der Waals surface area contributed by atoms with Crippen molar-refractivity contribution in [2.45, 2.75) is 42.7 Å². The Morgan fingerprint density at radius 3 is 2.55 bits per heavy atom. The van der Waals surface area contributed by atoms with E-state index in [0.717, 1.165) is 5.56 Å². The number of rotatable bonds is 4. The number of anilines is 1. The first-order valence-corrected chi connectivity index (χ1v) is 13.3. The SMILES string of the molecule is O=C1C[C@@H](c2cccc(Cl)c2)[C@]2(C(=O)Nc3cc(Cl)ccc32)[C@@H](c2cc(F)ccc2OC2CCOCC2)N1. The number of fused-ring (bicyclic) bond motifs is 2. The van der Waals surface area contributed by atoms with Crippen LogP contribution in [0, 0.1) is 5.82 Å². The van der Waals surface area contributed by atoms with E-state index in [2.05, 4.69) is 10.6 Å². The van der Waals surface area contributed by atoms with Crippen molar-refractivity contribution in [3.8, 4) is 5.75 Å². The summed E-state index contributed by atoms with van der Waals surface area (Å²) in [5.41, 5.74) is 1.04. The number of halogens is 3. The van der Waals surface area contributed by atoms with E-state index in [4.69, 9.17) is 32.7 Å². The molecule has 1 spiro atoms. The highest BCUT2D eigenvalue weighted by molar-refractivity contribution is 6.31. The van der Waals surface area contributed by atoms with Gasteiger partial charge in [0.25, 0.3) is 0 Å². The van der Waals surface area contributed by atoms with Gasteiger partial charge in [-0.1, -0.05) is 41.4 Å². The van der Waals surface area contributed by atoms with Gasteiger partial charge in [0.2, 0.25) is 11.8 Å². The molecule has 6 nitrogen and oxygen atoms in total. The molecule has 9 heteroatoms. The van der Waals surface area contributed by atoms with Gasteiger partial charge in [0.05, 0.1) is 19.3 Å². The molecule has 0 unspecified atom stereocenters. The van der Waals surface area contributed by atoms with Crippen LogP contribution in [0.1, 0.15) is 47.9 Å². The van der Waals surface area contributed by atoms with E-state index in [0.29, 0.717) is 58.7 Å². The topological polar surface area (TPSA) is 76.7 Å². The summed E-state index contributed by atoms with van der Waals surface area (Å²) >= 11 is 12.6. The molecule has 3 aromatic carbocycles. The maximum atomic E-state index is 14.8. The summed E-state index contributed by atoms with van der Waals surface area (Å²) in [4.78, 5) is 27.4. The molecule has 3 aliphatic heterocycles. The Labute approximate surface area is 229 Å². The Morgan fingerprint density at radius 2 is 1.76 bits per heavy atom. The molecular formula is C29H25Cl2FN2O4. The molecule has 3 aromatic rings. The van der Waals surface area contributed by atoms with Gasteiger partial charge in [0.1, 0.15) is 23.1 Å². The Morgan fingerprint density at radius 1 is 0.974 bits per heavy atom. The molecular weight excluding hydrogens is 530 g/mol. The Hall–Kier alpha value is -3.13. The van der Waals surface area contributed by atoms with Crippen LogP contribution in [0.5, 0.6) is 5.75 Å². The monoisotopic (exact) mass is 554 g/mol. The molecule has 38 heavy (non-hydrogen) atoms. The number of piperidine rings is 1. The lowest BCUT2D eigenvalue weighted by Crippen LogP contribution is -2.57. The van der Waals surface area contributed by atoms with Crippen LogP contribution in [0.15, 0.2) is 60.7 Å². The molecule has 0 bridgehead atoms. The number of benzene rings is 3. The smallest absolute Gasteiger partial charge is 0.238 e. The molecule has 2 fully saturated rings. The second-order valence-corrected chi connectivity index (χ2v) is 10.8. The lowest BCUT2D eigenvalue weighted by molar-refractivity contribution is -0.131. The third-order valence-electron chi connectivity index (χ3n) is 7.75. The number of amides is 2. The maximum absolute atomic E-state index is 14.8. The molecule has 6 rings (SSSR count). The van der Waals surface area contributed by atoms with Crippen LogP contribution in [-0.4, -0.2) is 31.1 Å². The van der Waals surface area contributed by atoms with Crippen LogP contribution in [0.25, 0.3) is 0 Å². The third-order valence-corrected chi connectivity index (χ3v) is 8.22. The van der Waals surface area contributed by atoms with Crippen LogP contribution in [-0.2, 0) is 19.7 Å². The molecule has 0 aromatic heterocycles. The number of hydrogen-bond donors (Lipinski definition) is 2. The molecule has 0 radical (unpaired) electrons. The van der Waals surface area contributed by atoms with Crippen molar-refractivity contribution in [2.24, 2.45) is 0 Å². The van der Waals surface area contributed by atoms with Gasteiger partial charge >= 0.3 is 0 Å². The summed E-state index contributed by atoms with van der Waals surface area (Å²) in [5.74, 6) is -1.25. The third kappa shape index (κ3) is 4.23.